The van der Waals surface area contributed by atoms with Crippen LogP contribution in [0.2, 0.25) is 0 Å². The van der Waals surface area contributed by atoms with Crippen LogP contribution in [0.3, 0.4) is 0 Å². The van der Waals surface area contributed by atoms with E-state index < -0.39 is 0 Å². The first-order chi connectivity index (χ1) is 9.24. The van der Waals surface area contributed by atoms with Crippen LogP contribution >= 0.6 is 0 Å². The first-order valence-corrected chi connectivity index (χ1v) is 6.46. The lowest BCUT2D eigenvalue weighted by Crippen LogP contribution is -2.28. The van der Waals surface area contributed by atoms with Crippen molar-refractivity contribution in [1.29, 1.82) is 0 Å². The van der Waals surface area contributed by atoms with E-state index in [9.17, 15) is 4.79 Å². The number of aromatic nitrogens is 3. The third-order valence-corrected chi connectivity index (χ3v) is 3.22. The van der Waals surface area contributed by atoms with Crippen LogP contribution in [-0.2, 0) is 13.6 Å². The molecule has 2 aromatic heterocycles. The normalized spacial score (nSPS) is 14.6. The van der Waals surface area contributed by atoms with Crippen molar-refractivity contribution in [1.82, 2.24) is 20.1 Å². The molecule has 0 unspecified atom stereocenters. The second-order valence-corrected chi connectivity index (χ2v) is 4.85. The van der Waals surface area contributed by atoms with Gasteiger partial charge in [0.15, 0.2) is 0 Å². The molecule has 0 amide bonds. The number of nitrogens with zero attached hydrogens (tertiary/aromatic N) is 3. The molecule has 0 saturated heterocycles. The van der Waals surface area contributed by atoms with E-state index in [0.717, 1.165) is 17.0 Å². The summed E-state index contributed by atoms with van der Waals surface area (Å²) in [6.07, 6.45) is 4.14. The summed E-state index contributed by atoms with van der Waals surface area (Å²) in [4.78, 5) is 16.3. The summed E-state index contributed by atoms with van der Waals surface area (Å²) < 4.78 is 1.38. The number of rotatable bonds is 4. The van der Waals surface area contributed by atoms with E-state index in [0.29, 0.717) is 12.6 Å². The fourth-order valence-corrected chi connectivity index (χ4v) is 1.98. The molecular weight excluding hydrogens is 240 g/mol. The van der Waals surface area contributed by atoms with Gasteiger partial charge < -0.3 is 5.32 Å². The second kappa shape index (κ2) is 4.93. The molecule has 19 heavy (non-hydrogen) atoms. The van der Waals surface area contributed by atoms with Gasteiger partial charge in [-0.25, -0.2) is 4.68 Å². The van der Waals surface area contributed by atoms with Crippen molar-refractivity contribution in [2.75, 3.05) is 0 Å². The van der Waals surface area contributed by atoms with Crippen LogP contribution in [0.25, 0.3) is 11.4 Å². The summed E-state index contributed by atoms with van der Waals surface area (Å²) in [7, 11) is 1.68. The molecule has 0 atom stereocenters. The van der Waals surface area contributed by atoms with E-state index in [2.05, 4.69) is 15.4 Å². The van der Waals surface area contributed by atoms with Crippen molar-refractivity contribution in [2.24, 2.45) is 7.05 Å². The Morgan fingerprint density at radius 3 is 2.89 bits per heavy atom. The van der Waals surface area contributed by atoms with Gasteiger partial charge in [0, 0.05) is 31.4 Å². The molecule has 0 aromatic carbocycles. The summed E-state index contributed by atoms with van der Waals surface area (Å²) in [6, 6.07) is 8.08. The molecule has 0 bridgehead atoms. The minimum Gasteiger partial charge on any atom is -0.310 e. The van der Waals surface area contributed by atoms with Crippen molar-refractivity contribution in [3.05, 3.63) is 46.4 Å². The first-order valence-electron chi connectivity index (χ1n) is 6.46. The van der Waals surface area contributed by atoms with Crippen molar-refractivity contribution in [3.8, 4) is 11.4 Å². The third kappa shape index (κ3) is 2.71. The van der Waals surface area contributed by atoms with Crippen LogP contribution in [0.1, 0.15) is 18.4 Å². The minimum absolute atomic E-state index is 0.0483. The molecule has 1 fully saturated rings. The van der Waals surface area contributed by atoms with Crippen molar-refractivity contribution >= 4 is 0 Å². The monoisotopic (exact) mass is 256 g/mol. The molecule has 98 valence electrons. The Balaban J connectivity index is 1.94. The van der Waals surface area contributed by atoms with Crippen LogP contribution in [0.15, 0.2) is 35.3 Å². The highest BCUT2D eigenvalue weighted by Gasteiger charge is 2.21. The van der Waals surface area contributed by atoms with Gasteiger partial charge in [0.1, 0.15) is 5.69 Å². The van der Waals surface area contributed by atoms with Crippen molar-refractivity contribution in [2.45, 2.75) is 25.4 Å². The summed E-state index contributed by atoms with van der Waals surface area (Å²) in [5, 5.41) is 7.62. The van der Waals surface area contributed by atoms with Gasteiger partial charge in [-0.3, -0.25) is 9.78 Å². The highest BCUT2D eigenvalue weighted by molar-refractivity contribution is 5.53. The predicted molar refractivity (Wildman–Crippen MR) is 72.6 cm³/mol. The molecule has 2 heterocycles. The number of pyridine rings is 1. The lowest BCUT2D eigenvalue weighted by molar-refractivity contribution is 0.647. The van der Waals surface area contributed by atoms with Crippen LogP contribution in [-0.4, -0.2) is 20.8 Å². The van der Waals surface area contributed by atoms with Crippen LogP contribution in [0, 0.1) is 0 Å². The average molecular weight is 256 g/mol. The molecule has 1 aliphatic carbocycles. The Labute approximate surface area is 111 Å². The molecule has 1 N–H and O–H groups in total. The van der Waals surface area contributed by atoms with Gasteiger partial charge in [-0.05, 0) is 31.0 Å². The van der Waals surface area contributed by atoms with E-state index in [4.69, 9.17) is 0 Å². The van der Waals surface area contributed by atoms with Gasteiger partial charge in [-0.2, -0.15) is 5.10 Å². The molecule has 5 nitrogen and oxygen atoms in total. The summed E-state index contributed by atoms with van der Waals surface area (Å²) >= 11 is 0. The third-order valence-electron chi connectivity index (χ3n) is 3.22. The number of hydrogen-bond donors (Lipinski definition) is 1. The lowest BCUT2D eigenvalue weighted by Gasteiger charge is -2.07. The summed E-state index contributed by atoms with van der Waals surface area (Å²) in [5.41, 5.74) is 2.21. The Morgan fingerprint density at radius 2 is 2.21 bits per heavy atom. The van der Waals surface area contributed by atoms with Gasteiger partial charge in [0.25, 0.3) is 5.56 Å². The zero-order chi connectivity index (χ0) is 13.2. The van der Waals surface area contributed by atoms with E-state index in [1.807, 2.05) is 24.3 Å². The van der Waals surface area contributed by atoms with Crippen molar-refractivity contribution in [3.63, 3.8) is 0 Å². The average Bonchev–Trinajstić information content (AvgIpc) is 3.25. The molecule has 0 spiro atoms. The van der Waals surface area contributed by atoms with Crippen molar-refractivity contribution < 1.29 is 0 Å². The Bertz CT molecular complexity index is 632. The smallest absolute Gasteiger partial charge is 0.271 e. The van der Waals surface area contributed by atoms with Gasteiger partial charge in [0.2, 0.25) is 0 Å². The predicted octanol–water partition coefficient (Wildman–Crippen LogP) is 1.09. The Hall–Kier alpha value is -2.01. The number of hydrogen-bond acceptors (Lipinski definition) is 4. The van der Waals surface area contributed by atoms with E-state index >= 15 is 0 Å². The fourth-order valence-electron chi connectivity index (χ4n) is 1.98. The zero-order valence-electron chi connectivity index (χ0n) is 10.8. The topological polar surface area (TPSA) is 59.8 Å². The largest absolute Gasteiger partial charge is 0.310 e. The highest BCUT2D eigenvalue weighted by atomic mass is 16.1. The Kier molecular flexibility index (Phi) is 3.13. The first kappa shape index (κ1) is 12.0. The molecule has 2 aromatic rings. The Morgan fingerprint density at radius 1 is 1.37 bits per heavy atom. The van der Waals surface area contributed by atoms with Gasteiger partial charge in [-0.1, -0.05) is 6.07 Å². The van der Waals surface area contributed by atoms with Gasteiger partial charge >= 0.3 is 0 Å². The van der Waals surface area contributed by atoms with Crippen LogP contribution in [0.5, 0.6) is 0 Å². The summed E-state index contributed by atoms with van der Waals surface area (Å²) in [5.74, 6) is 0. The van der Waals surface area contributed by atoms with Crippen LogP contribution in [0.4, 0.5) is 0 Å². The molecule has 0 aliphatic heterocycles. The van der Waals surface area contributed by atoms with E-state index in [1.54, 1.807) is 13.2 Å². The molecule has 1 saturated carbocycles. The highest BCUT2D eigenvalue weighted by Crippen LogP contribution is 2.19. The van der Waals surface area contributed by atoms with E-state index in [1.165, 1.54) is 17.5 Å². The molecular formula is C14H16N4O. The quantitative estimate of drug-likeness (QED) is 0.889. The maximum Gasteiger partial charge on any atom is 0.271 e. The number of aryl methyl sites for hydroxylation is 1. The fraction of sp³-hybridized carbons (Fsp3) is 0.357. The lowest BCUT2D eigenvalue weighted by atomic mass is 10.2. The maximum absolute atomic E-state index is 12.0. The molecule has 3 rings (SSSR count). The molecule has 1 aliphatic rings. The molecule has 0 radical (unpaired) electrons. The zero-order valence-corrected chi connectivity index (χ0v) is 10.8. The SMILES string of the molecule is Cn1nc(-c2ccccn2)cc(CNC2CC2)c1=O. The minimum atomic E-state index is -0.0483. The maximum atomic E-state index is 12.0. The number of nitrogens with one attached hydrogen (secondary N) is 1. The van der Waals surface area contributed by atoms with Gasteiger partial charge in [0.05, 0.1) is 5.69 Å². The summed E-state index contributed by atoms with van der Waals surface area (Å²) in [6.45, 7) is 0.597. The van der Waals surface area contributed by atoms with Gasteiger partial charge in [-0.15, -0.1) is 0 Å². The standard InChI is InChI=1S/C14H16N4O/c1-18-14(19)10(9-16-11-5-6-11)8-13(17-18)12-4-2-3-7-15-12/h2-4,7-8,11,16H,5-6,9H2,1H3. The second-order valence-electron chi connectivity index (χ2n) is 4.85. The van der Waals surface area contributed by atoms with Crippen LogP contribution < -0.4 is 10.9 Å². The molecule has 5 heteroatoms. The van der Waals surface area contributed by atoms with E-state index in [-0.39, 0.29) is 5.56 Å².